The summed E-state index contributed by atoms with van der Waals surface area (Å²) in [5.41, 5.74) is 4.50. The van der Waals surface area contributed by atoms with Crippen LogP contribution in [0.3, 0.4) is 0 Å². The van der Waals surface area contributed by atoms with Gasteiger partial charge in [0.1, 0.15) is 6.10 Å². The van der Waals surface area contributed by atoms with Crippen LogP contribution in [0.4, 0.5) is 18.9 Å². The predicted octanol–water partition coefficient (Wildman–Crippen LogP) is 3.97. The van der Waals surface area contributed by atoms with Crippen molar-refractivity contribution in [3.63, 3.8) is 0 Å². The minimum Gasteiger partial charge on any atom is -0.461 e. The Morgan fingerprint density at radius 2 is 1.85 bits per heavy atom. The fraction of sp³-hybridized carbons (Fsp3) is 0.556. The standard InChI is InChI=1S/C27H34F3N5O4/c1-26(2)12-20-23(21(36)13-26)24(27(28,29)30)33-35(20)16-7-10-18(25(31)38)19(11-16)32-15-5-8-17(9-6-15)39-22(37)14-34(3)4/h7,10-11,15,17,32H,5-6,8-9,12-14H2,1-4H3,(H2,31,38)/t15-,17-. The Kier molecular flexibility index (Phi) is 7.79. The summed E-state index contributed by atoms with van der Waals surface area (Å²) in [6.07, 6.45) is -2.21. The maximum Gasteiger partial charge on any atom is 0.435 e. The summed E-state index contributed by atoms with van der Waals surface area (Å²) < 4.78 is 48.3. The van der Waals surface area contributed by atoms with Crippen molar-refractivity contribution >= 4 is 23.3 Å². The summed E-state index contributed by atoms with van der Waals surface area (Å²) in [4.78, 5) is 38.7. The molecule has 0 spiro atoms. The van der Waals surface area contributed by atoms with Crippen molar-refractivity contribution in [2.24, 2.45) is 11.1 Å². The van der Waals surface area contributed by atoms with E-state index in [-0.39, 0.29) is 54.4 Å². The number of carbonyl (C=O) groups excluding carboxylic acids is 3. The van der Waals surface area contributed by atoms with Crippen molar-refractivity contribution in [2.45, 2.75) is 70.7 Å². The molecule has 212 valence electrons. The Morgan fingerprint density at radius 1 is 1.18 bits per heavy atom. The fourth-order valence-corrected chi connectivity index (χ4v) is 5.38. The van der Waals surface area contributed by atoms with E-state index >= 15 is 0 Å². The van der Waals surface area contributed by atoms with Crippen LogP contribution in [0.15, 0.2) is 18.2 Å². The lowest BCUT2D eigenvalue weighted by Crippen LogP contribution is -2.34. The van der Waals surface area contributed by atoms with Gasteiger partial charge in [0.05, 0.1) is 29.1 Å². The highest BCUT2D eigenvalue weighted by Gasteiger charge is 2.45. The number of nitrogens with zero attached hydrogens (tertiary/aromatic N) is 3. The quantitative estimate of drug-likeness (QED) is 0.502. The second kappa shape index (κ2) is 10.6. The van der Waals surface area contributed by atoms with Crippen LogP contribution in [0.5, 0.6) is 0 Å². The molecule has 0 aliphatic heterocycles. The number of likely N-dealkylation sites (N-methyl/N-ethyl adjacent to an activating group) is 1. The molecule has 2 aromatic rings. The molecule has 0 radical (unpaired) electrons. The number of benzene rings is 1. The van der Waals surface area contributed by atoms with Crippen LogP contribution < -0.4 is 11.1 Å². The Morgan fingerprint density at radius 3 is 2.44 bits per heavy atom. The molecule has 1 saturated carbocycles. The van der Waals surface area contributed by atoms with Gasteiger partial charge in [-0.1, -0.05) is 13.8 Å². The zero-order valence-electron chi connectivity index (χ0n) is 22.5. The van der Waals surface area contributed by atoms with Crippen LogP contribution in [-0.4, -0.2) is 65.1 Å². The van der Waals surface area contributed by atoms with Crippen molar-refractivity contribution in [1.29, 1.82) is 0 Å². The third-order valence-corrected chi connectivity index (χ3v) is 7.10. The van der Waals surface area contributed by atoms with Crippen molar-refractivity contribution in [1.82, 2.24) is 14.7 Å². The average molecular weight is 550 g/mol. The molecule has 1 aromatic heterocycles. The number of nitrogens with one attached hydrogen (secondary N) is 1. The van der Waals surface area contributed by atoms with Gasteiger partial charge in [0.2, 0.25) is 0 Å². The van der Waals surface area contributed by atoms with Crippen LogP contribution >= 0.6 is 0 Å². The van der Waals surface area contributed by atoms with Crippen molar-refractivity contribution in [2.75, 3.05) is 26.0 Å². The molecular formula is C27H34F3N5O4. The Bertz CT molecular complexity index is 1280. The average Bonchev–Trinajstić information content (AvgIpc) is 3.19. The maximum absolute atomic E-state index is 13.9. The highest BCUT2D eigenvalue weighted by molar-refractivity contribution is 6.00. The monoisotopic (exact) mass is 549 g/mol. The molecule has 1 heterocycles. The first kappa shape index (κ1) is 28.6. The normalized spacial score (nSPS) is 21.0. The maximum atomic E-state index is 13.9. The van der Waals surface area contributed by atoms with Gasteiger partial charge in [0.25, 0.3) is 5.91 Å². The number of ether oxygens (including phenoxy) is 1. The van der Waals surface area contributed by atoms with Crippen molar-refractivity contribution < 1.29 is 32.3 Å². The minimum absolute atomic E-state index is 0.00464. The molecule has 1 fully saturated rings. The van der Waals surface area contributed by atoms with E-state index in [0.29, 0.717) is 31.4 Å². The Labute approximate surface area is 224 Å². The van der Waals surface area contributed by atoms with Crippen LogP contribution in [-0.2, 0) is 22.1 Å². The molecule has 1 amide bonds. The summed E-state index contributed by atoms with van der Waals surface area (Å²) >= 11 is 0. The second-order valence-corrected chi connectivity index (χ2v) is 11.5. The van der Waals surface area contributed by atoms with E-state index in [9.17, 15) is 27.6 Å². The molecule has 3 N–H and O–H groups in total. The van der Waals surface area contributed by atoms with Crippen molar-refractivity contribution in [3.8, 4) is 5.69 Å². The van der Waals surface area contributed by atoms with Gasteiger partial charge in [-0.25, -0.2) is 4.68 Å². The van der Waals surface area contributed by atoms with Gasteiger partial charge in [-0.3, -0.25) is 19.3 Å². The number of esters is 1. The van der Waals surface area contributed by atoms with E-state index in [1.165, 1.54) is 12.1 Å². The molecule has 1 aromatic carbocycles. The Balaban J connectivity index is 1.61. The molecule has 9 nitrogen and oxygen atoms in total. The minimum atomic E-state index is -4.80. The molecule has 4 rings (SSSR count). The first-order valence-corrected chi connectivity index (χ1v) is 12.9. The number of ketones is 1. The third-order valence-electron chi connectivity index (χ3n) is 7.10. The number of halogens is 3. The third kappa shape index (κ3) is 6.43. The topological polar surface area (TPSA) is 120 Å². The summed E-state index contributed by atoms with van der Waals surface area (Å²) in [6.45, 7) is 3.86. The van der Waals surface area contributed by atoms with Crippen LogP contribution in [0.1, 0.15) is 78.1 Å². The zero-order valence-corrected chi connectivity index (χ0v) is 22.5. The molecule has 39 heavy (non-hydrogen) atoms. The summed E-state index contributed by atoms with van der Waals surface area (Å²) in [5, 5.41) is 7.15. The predicted molar refractivity (Wildman–Crippen MR) is 138 cm³/mol. The van der Waals surface area contributed by atoms with Crippen LogP contribution in [0, 0.1) is 5.41 Å². The van der Waals surface area contributed by atoms with Crippen LogP contribution in [0.2, 0.25) is 0 Å². The van der Waals surface area contributed by atoms with E-state index in [1.54, 1.807) is 25.1 Å². The zero-order chi connectivity index (χ0) is 28.7. The van der Waals surface area contributed by atoms with Gasteiger partial charge < -0.3 is 15.8 Å². The number of alkyl halides is 3. The second-order valence-electron chi connectivity index (χ2n) is 11.5. The van der Waals surface area contributed by atoms with E-state index in [0.717, 1.165) is 4.68 Å². The number of fused-ring (bicyclic) bond motifs is 1. The fourth-order valence-electron chi connectivity index (χ4n) is 5.38. The lowest BCUT2D eigenvalue weighted by molar-refractivity contribution is -0.151. The first-order valence-electron chi connectivity index (χ1n) is 12.9. The highest BCUT2D eigenvalue weighted by Crippen LogP contribution is 2.42. The molecule has 0 saturated heterocycles. The van der Waals surface area contributed by atoms with Gasteiger partial charge in [-0.2, -0.15) is 18.3 Å². The molecular weight excluding hydrogens is 515 g/mol. The van der Waals surface area contributed by atoms with Gasteiger partial charge in [-0.05, 0) is 69.8 Å². The van der Waals surface area contributed by atoms with E-state index in [4.69, 9.17) is 10.5 Å². The molecule has 12 heteroatoms. The lowest BCUT2D eigenvalue weighted by atomic mass is 9.75. The lowest BCUT2D eigenvalue weighted by Gasteiger charge is -2.30. The number of aromatic nitrogens is 2. The summed E-state index contributed by atoms with van der Waals surface area (Å²) in [5.74, 6) is -1.57. The molecule has 0 bridgehead atoms. The summed E-state index contributed by atoms with van der Waals surface area (Å²) in [6, 6.07) is 4.40. The first-order chi connectivity index (χ1) is 18.1. The number of amides is 1. The largest absolute Gasteiger partial charge is 0.461 e. The van der Waals surface area contributed by atoms with Crippen LogP contribution in [0.25, 0.3) is 5.69 Å². The number of hydrogen-bond donors (Lipinski definition) is 2. The van der Waals surface area contributed by atoms with E-state index in [1.807, 2.05) is 13.8 Å². The number of rotatable bonds is 7. The number of nitrogens with two attached hydrogens (primary N) is 1. The Hall–Kier alpha value is -3.41. The molecule has 2 aliphatic rings. The van der Waals surface area contributed by atoms with E-state index in [2.05, 4.69) is 10.4 Å². The molecule has 0 atom stereocenters. The van der Waals surface area contributed by atoms with Gasteiger partial charge in [0, 0.05) is 18.2 Å². The molecule has 0 unspecified atom stereocenters. The van der Waals surface area contributed by atoms with Crippen molar-refractivity contribution in [3.05, 3.63) is 40.7 Å². The number of carbonyl (C=O) groups is 3. The van der Waals surface area contributed by atoms with Gasteiger partial charge in [-0.15, -0.1) is 0 Å². The number of primary amides is 1. The highest BCUT2D eigenvalue weighted by atomic mass is 19.4. The molecule has 2 aliphatic carbocycles. The number of Topliss-reactive ketones (excluding diaryl/α,β-unsaturated/α-hetero) is 1. The van der Waals surface area contributed by atoms with Gasteiger partial charge >= 0.3 is 12.1 Å². The van der Waals surface area contributed by atoms with E-state index < -0.39 is 34.5 Å². The SMILES string of the molecule is CN(C)CC(=O)O[C@H]1CC[C@H](Nc2cc(-n3nc(C(F)(F)F)c4c3CC(C)(C)CC4=O)ccc2C(N)=O)CC1. The number of hydrogen-bond acceptors (Lipinski definition) is 7. The smallest absolute Gasteiger partial charge is 0.435 e. The van der Waals surface area contributed by atoms with Gasteiger partial charge in [0.15, 0.2) is 11.5 Å². The summed E-state index contributed by atoms with van der Waals surface area (Å²) in [7, 11) is 3.57. The number of anilines is 1.